The number of aryl methyl sites for hydroxylation is 1. The van der Waals surface area contributed by atoms with E-state index >= 15 is 0 Å². The third-order valence-corrected chi connectivity index (χ3v) is 6.30. The van der Waals surface area contributed by atoms with Gasteiger partial charge in [0.25, 0.3) is 5.91 Å². The first-order valence-electron chi connectivity index (χ1n) is 10.4. The van der Waals surface area contributed by atoms with E-state index in [0.29, 0.717) is 38.2 Å². The lowest BCUT2D eigenvalue weighted by Crippen LogP contribution is -2.47. The highest BCUT2D eigenvalue weighted by Crippen LogP contribution is 2.45. The number of ether oxygens (including phenoxy) is 1. The van der Waals surface area contributed by atoms with Gasteiger partial charge in [-0.25, -0.2) is 9.37 Å². The van der Waals surface area contributed by atoms with Gasteiger partial charge in [-0.05, 0) is 42.7 Å². The summed E-state index contributed by atoms with van der Waals surface area (Å²) in [6.45, 7) is 6.49. The third-order valence-electron chi connectivity index (χ3n) is 6.30. The topological polar surface area (TPSA) is 65.9 Å². The second-order valence-electron chi connectivity index (χ2n) is 8.68. The zero-order valence-corrected chi connectivity index (χ0v) is 16.8. The molecule has 2 atom stereocenters. The van der Waals surface area contributed by atoms with Crippen LogP contribution in [0, 0.1) is 5.41 Å². The highest BCUT2D eigenvalue weighted by atomic mass is 19.1. The van der Waals surface area contributed by atoms with Crippen LogP contribution in [-0.4, -0.2) is 66.0 Å². The summed E-state index contributed by atoms with van der Waals surface area (Å²) in [7, 11) is 0. The number of anilines is 1. The summed E-state index contributed by atoms with van der Waals surface area (Å²) in [6.07, 6.45) is 2.35. The Bertz CT molecular complexity index is 753. The lowest BCUT2D eigenvalue weighted by atomic mass is 10.0. The number of halogens is 1. The Balaban J connectivity index is 1.47. The average molecular weight is 391 g/mol. The van der Waals surface area contributed by atoms with E-state index in [1.165, 1.54) is 12.8 Å². The maximum Gasteiger partial charge on any atom is 0.256 e. The number of nitrogens with zero attached hydrogens (tertiary/aromatic N) is 3. The van der Waals surface area contributed by atoms with Crippen molar-refractivity contribution in [1.82, 2.24) is 9.88 Å². The summed E-state index contributed by atoms with van der Waals surface area (Å²) >= 11 is 0. The molecule has 1 aliphatic carbocycles. The van der Waals surface area contributed by atoms with E-state index in [0.717, 1.165) is 23.5 Å². The predicted molar refractivity (Wildman–Crippen MR) is 104 cm³/mol. The molecule has 7 heteroatoms. The number of aliphatic hydroxyl groups is 1. The Morgan fingerprint density at radius 1 is 1.43 bits per heavy atom. The minimum Gasteiger partial charge on any atom is -0.395 e. The number of carbonyl (C=O) groups excluding carboxylic acids is 1. The van der Waals surface area contributed by atoms with Crippen LogP contribution < -0.4 is 4.90 Å². The molecule has 2 fully saturated rings. The molecule has 1 aromatic rings. The SMILES string of the molecule is CCc1cc2c(nc1N1CC[C@H](OCC3(C)CC3)[C@@H](F)C1)CN(CCO)C2=O. The first-order chi connectivity index (χ1) is 13.4. The average Bonchev–Trinajstić information content (AvgIpc) is 3.35. The summed E-state index contributed by atoms with van der Waals surface area (Å²) < 4.78 is 20.7. The molecule has 0 aromatic carbocycles. The van der Waals surface area contributed by atoms with Crippen LogP contribution in [0.15, 0.2) is 6.07 Å². The van der Waals surface area contributed by atoms with Gasteiger partial charge in [0.15, 0.2) is 0 Å². The number of aromatic nitrogens is 1. The summed E-state index contributed by atoms with van der Waals surface area (Å²) in [6, 6.07) is 1.90. The molecule has 0 spiro atoms. The van der Waals surface area contributed by atoms with E-state index in [4.69, 9.17) is 14.8 Å². The maximum atomic E-state index is 14.8. The van der Waals surface area contributed by atoms with Gasteiger partial charge in [-0.15, -0.1) is 0 Å². The maximum absolute atomic E-state index is 14.8. The van der Waals surface area contributed by atoms with Gasteiger partial charge in [0.2, 0.25) is 0 Å². The van der Waals surface area contributed by atoms with Gasteiger partial charge in [0.05, 0.1) is 43.7 Å². The van der Waals surface area contributed by atoms with E-state index in [2.05, 4.69) is 6.92 Å². The summed E-state index contributed by atoms with van der Waals surface area (Å²) in [5, 5.41) is 9.16. The van der Waals surface area contributed by atoms with E-state index in [9.17, 15) is 9.18 Å². The van der Waals surface area contributed by atoms with Crippen molar-refractivity contribution in [3.63, 3.8) is 0 Å². The van der Waals surface area contributed by atoms with Gasteiger partial charge in [-0.3, -0.25) is 4.79 Å². The summed E-state index contributed by atoms with van der Waals surface area (Å²) in [5.74, 6) is 0.706. The molecule has 154 valence electrons. The number of alkyl halides is 1. The van der Waals surface area contributed by atoms with E-state index in [-0.39, 0.29) is 30.6 Å². The molecular formula is C21H30FN3O3. The predicted octanol–water partition coefficient (Wildman–Crippen LogP) is 2.33. The van der Waals surface area contributed by atoms with Crippen LogP contribution in [0.3, 0.4) is 0 Å². The molecule has 0 bridgehead atoms. The van der Waals surface area contributed by atoms with Crippen LogP contribution >= 0.6 is 0 Å². The molecular weight excluding hydrogens is 361 g/mol. The fraction of sp³-hybridized carbons (Fsp3) is 0.714. The van der Waals surface area contributed by atoms with Gasteiger partial charge >= 0.3 is 0 Å². The van der Waals surface area contributed by atoms with Crippen molar-refractivity contribution >= 4 is 11.7 Å². The molecule has 1 aromatic heterocycles. The molecule has 2 aliphatic heterocycles. The molecule has 1 saturated carbocycles. The Labute approximate surface area is 165 Å². The highest BCUT2D eigenvalue weighted by molar-refractivity contribution is 5.98. The number of piperidine rings is 1. The molecule has 0 unspecified atom stereocenters. The minimum atomic E-state index is -1.04. The number of amides is 1. The fourth-order valence-electron chi connectivity index (χ4n) is 4.08. The van der Waals surface area contributed by atoms with Crippen LogP contribution in [0.2, 0.25) is 0 Å². The van der Waals surface area contributed by atoms with Crippen LogP contribution in [0.5, 0.6) is 0 Å². The number of β-amino-alcohol motifs (C(OH)–C–C–N with tert-alkyl or cyclic N) is 1. The van der Waals surface area contributed by atoms with Crippen molar-refractivity contribution in [2.45, 2.75) is 58.4 Å². The zero-order chi connectivity index (χ0) is 19.9. The first kappa shape index (κ1) is 19.6. The van der Waals surface area contributed by atoms with Crippen molar-refractivity contribution < 1.29 is 19.0 Å². The second-order valence-corrected chi connectivity index (χ2v) is 8.68. The number of fused-ring (bicyclic) bond motifs is 1. The van der Waals surface area contributed by atoms with Crippen molar-refractivity contribution in [3.8, 4) is 0 Å². The molecule has 4 rings (SSSR count). The van der Waals surface area contributed by atoms with Crippen LogP contribution in [0.1, 0.15) is 54.7 Å². The van der Waals surface area contributed by atoms with Crippen LogP contribution in [0.4, 0.5) is 10.2 Å². The number of pyridine rings is 1. The Kier molecular flexibility index (Phi) is 5.31. The summed E-state index contributed by atoms with van der Waals surface area (Å²) in [5.41, 5.74) is 2.57. The van der Waals surface area contributed by atoms with Gasteiger partial charge in [0.1, 0.15) is 12.0 Å². The Morgan fingerprint density at radius 3 is 2.86 bits per heavy atom. The lowest BCUT2D eigenvalue weighted by molar-refractivity contribution is -0.0302. The summed E-state index contributed by atoms with van der Waals surface area (Å²) in [4.78, 5) is 20.8. The van der Waals surface area contributed by atoms with Crippen LogP contribution in [0.25, 0.3) is 0 Å². The molecule has 3 heterocycles. The molecule has 1 N–H and O–H groups in total. The van der Waals surface area contributed by atoms with Crippen molar-refractivity contribution in [2.24, 2.45) is 5.41 Å². The quantitative estimate of drug-likeness (QED) is 0.773. The van der Waals surface area contributed by atoms with Crippen molar-refractivity contribution in [1.29, 1.82) is 0 Å². The number of carbonyl (C=O) groups is 1. The van der Waals surface area contributed by atoms with E-state index in [1.807, 2.05) is 17.9 Å². The standard InChI is InChI=1S/C21H30FN3O3/c1-3-14-10-15-17(12-25(8-9-26)20(15)27)23-19(14)24-7-4-18(16(22)11-24)28-13-21(2)5-6-21/h10,16,18,26H,3-9,11-13H2,1-2H3/t16-,18-/m0/s1. The lowest BCUT2D eigenvalue weighted by Gasteiger charge is -2.36. The number of hydrogen-bond acceptors (Lipinski definition) is 5. The van der Waals surface area contributed by atoms with Gasteiger partial charge in [-0.1, -0.05) is 13.8 Å². The first-order valence-corrected chi connectivity index (χ1v) is 10.4. The molecule has 1 amide bonds. The van der Waals surface area contributed by atoms with Crippen LogP contribution in [-0.2, 0) is 17.7 Å². The third kappa shape index (κ3) is 3.74. The smallest absolute Gasteiger partial charge is 0.256 e. The normalized spacial score (nSPS) is 25.9. The van der Waals surface area contributed by atoms with Gasteiger partial charge in [0, 0.05) is 13.1 Å². The highest BCUT2D eigenvalue weighted by Gasteiger charge is 2.40. The molecule has 3 aliphatic rings. The van der Waals surface area contributed by atoms with Gasteiger partial charge in [-0.2, -0.15) is 0 Å². The molecule has 1 saturated heterocycles. The molecule has 6 nitrogen and oxygen atoms in total. The van der Waals surface area contributed by atoms with Crippen molar-refractivity contribution in [3.05, 3.63) is 22.9 Å². The largest absolute Gasteiger partial charge is 0.395 e. The second kappa shape index (κ2) is 7.59. The van der Waals surface area contributed by atoms with E-state index < -0.39 is 6.17 Å². The monoisotopic (exact) mass is 391 g/mol. The number of rotatable bonds is 7. The number of aliphatic hydroxyl groups excluding tert-OH is 1. The molecule has 28 heavy (non-hydrogen) atoms. The number of hydrogen-bond donors (Lipinski definition) is 1. The Hall–Kier alpha value is -1.73. The van der Waals surface area contributed by atoms with E-state index in [1.54, 1.807) is 4.90 Å². The van der Waals surface area contributed by atoms with Gasteiger partial charge < -0.3 is 19.6 Å². The minimum absolute atomic E-state index is 0.0662. The zero-order valence-electron chi connectivity index (χ0n) is 16.8. The van der Waals surface area contributed by atoms with Crippen molar-refractivity contribution in [2.75, 3.05) is 37.7 Å². The Morgan fingerprint density at radius 2 is 2.21 bits per heavy atom. The fourth-order valence-corrected chi connectivity index (χ4v) is 4.08. The molecule has 0 radical (unpaired) electrons.